The number of amides is 2. The van der Waals surface area contributed by atoms with E-state index in [2.05, 4.69) is 5.32 Å². The lowest BCUT2D eigenvalue weighted by molar-refractivity contribution is -0.139. The van der Waals surface area contributed by atoms with Gasteiger partial charge in [-0.05, 0) is 44.4 Å². The number of carbonyl (C=O) groups excluding carboxylic acids is 2. The average molecular weight is 398 g/mol. The van der Waals surface area contributed by atoms with E-state index in [1.54, 1.807) is 12.1 Å². The molecule has 0 radical (unpaired) electrons. The third kappa shape index (κ3) is 2.68. The Labute approximate surface area is 170 Å². The summed E-state index contributed by atoms with van der Waals surface area (Å²) in [5, 5.41) is 3.28. The fraction of sp³-hybridized carbons (Fsp3) is 0.565. The Morgan fingerprint density at radius 1 is 1.24 bits per heavy atom. The third-order valence-corrected chi connectivity index (χ3v) is 7.27. The molecule has 1 N–H and O–H groups in total. The Balaban J connectivity index is 1.44. The number of benzene rings is 1. The van der Waals surface area contributed by atoms with Crippen LogP contribution >= 0.6 is 0 Å². The van der Waals surface area contributed by atoms with Crippen molar-refractivity contribution in [2.75, 3.05) is 6.54 Å². The first-order valence-corrected chi connectivity index (χ1v) is 10.6. The number of carbonyl (C=O) groups is 2. The lowest BCUT2D eigenvalue weighted by Crippen LogP contribution is -2.51. The van der Waals surface area contributed by atoms with Crippen LogP contribution in [0.4, 0.5) is 4.39 Å². The topological polar surface area (TPSA) is 58.6 Å². The number of rotatable bonds is 4. The number of halogens is 1. The molecule has 3 fully saturated rings. The van der Waals surface area contributed by atoms with Crippen molar-refractivity contribution >= 4 is 11.8 Å². The van der Waals surface area contributed by atoms with Crippen molar-refractivity contribution in [2.24, 2.45) is 11.8 Å². The van der Waals surface area contributed by atoms with Gasteiger partial charge in [0.25, 0.3) is 0 Å². The molecule has 1 saturated carbocycles. The lowest BCUT2D eigenvalue weighted by Gasteiger charge is -2.34. The zero-order valence-corrected chi connectivity index (χ0v) is 16.9. The highest BCUT2D eigenvalue weighted by Gasteiger charge is 2.67. The first kappa shape index (κ1) is 18.8. The van der Waals surface area contributed by atoms with Crippen LogP contribution < -0.4 is 5.32 Å². The highest BCUT2D eigenvalue weighted by molar-refractivity contribution is 5.93. The Morgan fingerprint density at radius 2 is 1.93 bits per heavy atom. The van der Waals surface area contributed by atoms with Gasteiger partial charge >= 0.3 is 0 Å². The number of fused-ring (bicyclic) bond motifs is 1. The maximum absolute atomic E-state index is 13.5. The van der Waals surface area contributed by atoms with Crippen molar-refractivity contribution in [3.05, 3.63) is 47.8 Å². The fourth-order valence-corrected chi connectivity index (χ4v) is 5.82. The molecule has 154 valence electrons. The van der Waals surface area contributed by atoms with Crippen molar-refractivity contribution < 1.29 is 18.7 Å². The second-order valence-electron chi connectivity index (χ2n) is 9.25. The molecule has 5 nitrogen and oxygen atoms in total. The van der Waals surface area contributed by atoms with Gasteiger partial charge in [0.1, 0.15) is 11.4 Å². The molecule has 4 aliphatic rings. The standard InChI is InChI=1S/C23H27FN2O3/c1-14(2)26-13-23-12-9-17(29-23)18(19(23)21(26)28)20(27)25-22(10-3-4-11-22)15-5-7-16(24)8-6-15/h5-9,12,14,17-19H,3-4,10-11,13H2,1-2H3,(H,25,27)/t17-,18-,19+,23-/m1/s1. The number of likely N-dealkylation sites (tertiary alicyclic amines) is 1. The Bertz CT molecular complexity index is 875. The van der Waals surface area contributed by atoms with Crippen molar-refractivity contribution in [3.63, 3.8) is 0 Å². The summed E-state index contributed by atoms with van der Waals surface area (Å²) in [6, 6.07) is 6.49. The van der Waals surface area contributed by atoms with E-state index >= 15 is 0 Å². The van der Waals surface area contributed by atoms with Crippen LogP contribution in [0.3, 0.4) is 0 Å². The lowest BCUT2D eigenvalue weighted by atomic mass is 9.76. The average Bonchev–Trinajstić information content (AvgIpc) is 3.44. The van der Waals surface area contributed by atoms with Crippen LogP contribution in [0.1, 0.15) is 45.1 Å². The van der Waals surface area contributed by atoms with E-state index in [9.17, 15) is 14.0 Å². The fourth-order valence-electron chi connectivity index (χ4n) is 5.82. The Kier molecular flexibility index (Phi) is 4.14. The van der Waals surface area contributed by atoms with E-state index in [4.69, 9.17) is 4.74 Å². The molecule has 0 unspecified atom stereocenters. The summed E-state index contributed by atoms with van der Waals surface area (Å²) in [6.45, 7) is 4.49. The summed E-state index contributed by atoms with van der Waals surface area (Å²) in [5.74, 6) is -1.39. The van der Waals surface area contributed by atoms with Gasteiger partial charge in [0.15, 0.2) is 0 Å². The second-order valence-corrected chi connectivity index (χ2v) is 9.25. The summed E-state index contributed by atoms with van der Waals surface area (Å²) < 4.78 is 19.6. The molecule has 1 aromatic carbocycles. The minimum Gasteiger partial charge on any atom is -0.360 e. The van der Waals surface area contributed by atoms with Gasteiger partial charge in [-0.1, -0.05) is 37.1 Å². The van der Waals surface area contributed by atoms with Crippen molar-refractivity contribution in [2.45, 2.75) is 62.8 Å². The van der Waals surface area contributed by atoms with Crippen LogP contribution in [-0.4, -0.2) is 41.0 Å². The van der Waals surface area contributed by atoms with Crippen LogP contribution in [-0.2, 0) is 19.9 Å². The van der Waals surface area contributed by atoms with Crippen molar-refractivity contribution in [1.82, 2.24) is 10.2 Å². The van der Waals surface area contributed by atoms with Gasteiger partial charge in [0.05, 0.1) is 30.0 Å². The molecular weight excluding hydrogens is 371 g/mol. The summed E-state index contributed by atoms with van der Waals surface area (Å²) in [7, 11) is 0. The molecular formula is C23H27FN2O3. The van der Waals surface area contributed by atoms with E-state index < -0.39 is 23.0 Å². The molecule has 2 amide bonds. The normalized spacial score (nSPS) is 34.3. The van der Waals surface area contributed by atoms with Gasteiger partial charge in [0, 0.05) is 6.04 Å². The highest BCUT2D eigenvalue weighted by Crippen LogP contribution is 2.52. The zero-order chi connectivity index (χ0) is 20.4. The smallest absolute Gasteiger partial charge is 0.230 e. The van der Waals surface area contributed by atoms with Gasteiger partial charge in [-0.3, -0.25) is 9.59 Å². The molecule has 6 heteroatoms. The minimum atomic E-state index is -0.674. The second kappa shape index (κ2) is 6.39. The molecule has 3 aliphatic heterocycles. The molecule has 1 aliphatic carbocycles. The molecule has 1 aromatic rings. The molecule has 3 heterocycles. The van der Waals surface area contributed by atoms with Gasteiger partial charge in [-0.2, -0.15) is 0 Å². The Hall–Kier alpha value is -2.21. The first-order chi connectivity index (χ1) is 13.9. The monoisotopic (exact) mass is 398 g/mol. The number of hydrogen-bond acceptors (Lipinski definition) is 3. The van der Waals surface area contributed by atoms with Crippen LogP contribution in [0.15, 0.2) is 36.4 Å². The quantitative estimate of drug-likeness (QED) is 0.794. The minimum absolute atomic E-state index is 0.00857. The molecule has 29 heavy (non-hydrogen) atoms. The molecule has 2 saturated heterocycles. The summed E-state index contributed by atoms with van der Waals surface area (Å²) in [6.07, 6.45) is 7.23. The van der Waals surface area contributed by atoms with Crippen LogP contribution in [0, 0.1) is 17.7 Å². The SMILES string of the molecule is CC(C)N1C[C@@]23C=C[C@@H](O2)[C@@H](C(=O)NC2(c4ccc(F)cc4)CCCC2)[C@H]3C1=O. The molecule has 5 rings (SSSR count). The molecule has 4 atom stereocenters. The number of ether oxygens (including phenoxy) is 1. The predicted molar refractivity (Wildman–Crippen MR) is 105 cm³/mol. The van der Waals surface area contributed by atoms with Gasteiger partial charge in [-0.15, -0.1) is 0 Å². The molecule has 2 bridgehead atoms. The maximum Gasteiger partial charge on any atom is 0.230 e. The summed E-state index contributed by atoms with van der Waals surface area (Å²) in [4.78, 5) is 28.5. The third-order valence-electron chi connectivity index (χ3n) is 7.27. The van der Waals surface area contributed by atoms with E-state index in [1.807, 2.05) is 30.9 Å². The van der Waals surface area contributed by atoms with E-state index in [0.29, 0.717) is 6.54 Å². The van der Waals surface area contributed by atoms with Crippen molar-refractivity contribution in [3.8, 4) is 0 Å². The number of hydrogen-bond donors (Lipinski definition) is 1. The summed E-state index contributed by atoms with van der Waals surface area (Å²) >= 11 is 0. The number of nitrogens with zero attached hydrogens (tertiary/aromatic N) is 1. The predicted octanol–water partition coefficient (Wildman–Crippen LogP) is 2.90. The molecule has 0 aromatic heterocycles. The largest absolute Gasteiger partial charge is 0.360 e. The van der Waals surface area contributed by atoms with Gasteiger partial charge in [0.2, 0.25) is 11.8 Å². The van der Waals surface area contributed by atoms with E-state index in [1.165, 1.54) is 12.1 Å². The van der Waals surface area contributed by atoms with E-state index in [0.717, 1.165) is 31.2 Å². The zero-order valence-electron chi connectivity index (χ0n) is 16.9. The first-order valence-electron chi connectivity index (χ1n) is 10.6. The highest BCUT2D eigenvalue weighted by atomic mass is 19.1. The molecule has 1 spiro atoms. The van der Waals surface area contributed by atoms with Crippen molar-refractivity contribution in [1.29, 1.82) is 0 Å². The van der Waals surface area contributed by atoms with Crippen LogP contribution in [0.2, 0.25) is 0 Å². The number of nitrogens with one attached hydrogen (secondary N) is 1. The van der Waals surface area contributed by atoms with Gasteiger partial charge in [-0.25, -0.2) is 4.39 Å². The maximum atomic E-state index is 13.5. The van der Waals surface area contributed by atoms with Crippen LogP contribution in [0.25, 0.3) is 0 Å². The van der Waals surface area contributed by atoms with E-state index in [-0.39, 0.29) is 29.8 Å². The van der Waals surface area contributed by atoms with Gasteiger partial charge < -0.3 is 15.0 Å². The summed E-state index contributed by atoms with van der Waals surface area (Å²) in [5.41, 5.74) is -0.240. The van der Waals surface area contributed by atoms with Crippen LogP contribution in [0.5, 0.6) is 0 Å². The Morgan fingerprint density at radius 3 is 2.59 bits per heavy atom.